The molecule has 2 nitrogen and oxygen atoms in total. The summed E-state index contributed by atoms with van der Waals surface area (Å²) in [6, 6.07) is 5.31. The van der Waals surface area contributed by atoms with Crippen molar-refractivity contribution >= 4 is 23.2 Å². The maximum absolute atomic E-state index is 6.37. The highest BCUT2D eigenvalue weighted by atomic mass is 35.5. The predicted molar refractivity (Wildman–Crippen MR) is 78.3 cm³/mol. The molecule has 0 heterocycles. The van der Waals surface area contributed by atoms with Crippen molar-refractivity contribution in [1.82, 2.24) is 0 Å². The highest BCUT2D eigenvalue weighted by molar-refractivity contribution is 6.42. The third-order valence-electron chi connectivity index (χ3n) is 3.50. The van der Waals surface area contributed by atoms with Gasteiger partial charge in [0.1, 0.15) is 0 Å². The Morgan fingerprint density at radius 1 is 1.17 bits per heavy atom. The summed E-state index contributed by atoms with van der Waals surface area (Å²) in [4.78, 5) is 0. The topological polar surface area (TPSA) is 35.2 Å². The fraction of sp³-hybridized carbons (Fsp3) is 0.571. The second-order valence-corrected chi connectivity index (χ2v) is 5.17. The van der Waals surface area contributed by atoms with Gasteiger partial charge in [-0.05, 0) is 37.5 Å². The lowest BCUT2D eigenvalue weighted by Crippen LogP contribution is -2.43. The Morgan fingerprint density at radius 3 is 2.22 bits per heavy atom. The molecule has 0 aliphatic rings. The van der Waals surface area contributed by atoms with Gasteiger partial charge < -0.3 is 10.5 Å². The van der Waals surface area contributed by atoms with Crippen LogP contribution in [0.5, 0.6) is 0 Å². The first-order valence-corrected chi connectivity index (χ1v) is 7.10. The normalized spacial score (nSPS) is 13.7. The maximum Gasteiger partial charge on any atom is 0.0868 e. The standard InChI is InChI=1S/C14H21Cl2NO/c1-4-14(5-2,18-6-3)13(17)10-7-8-11(15)12(16)9-10/h7-9,13H,4-6,17H2,1-3H3. The van der Waals surface area contributed by atoms with Gasteiger partial charge in [-0.2, -0.15) is 0 Å². The van der Waals surface area contributed by atoms with E-state index in [0.717, 1.165) is 18.4 Å². The number of rotatable bonds is 6. The van der Waals surface area contributed by atoms with Crippen molar-refractivity contribution in [2.75, 3.05) is 6.61 Å². The molecule has 0 aliphatic heterocycles. The van der Waals surface area contributed by atoms with Crippen LogP contribution >= 0.6 is 23.2 Å². The molecule has 1 aromatic rings. The van der Waals surface area contributed by atoms with E-state index in [2.05, 4.69) is 13.8 Å². The van der Waals surface area contributed by atoms with Gasteiger partial charge in [-0.3, -0.25) is 0 Å². The van der Waals surface area contributed by atoms with Gasteiger partial charge in [-0.15, -0.1) is 0 Å². The van der Waals surface area contributed by atoms with Crippen LogP contribution in [0.4, 0.5) is 0 Å². The SMILES string of the molecule is CCOC(CC)(CC)C(N)c1ccc(Cl)c(Cl)c1. The van der Waals surface area contributed by atoms with Crippen molar-refractivity contribution in [2.45, 2.75) is 45.3 Å². The zero-order valence-corrected chi connectivity index (χ0v) is 12.7. The predicted octanol–water partition coefficient (Wildman–Crippen LogP) is 4.59. The van der Waals surface area contributed by atoms with Crippen molar-refractivity contribution in [3.05, 3.63) is 33.8 Å². The van der Waals surface area contributed by atoms with Crippen LogP contribution in [0.2, 0.25) is 10.0 Å². The average Bonchev–Trinajstić information content (AvgIpc) is 2.38. The lowest BCUT2D eigenvalue weighted by Gasteiger charge is -2.37. The molecule has 1 atom stereocenters. The number of nitrogens with two attached hydrogens (primary N) is 1. The second kappa shape index (κ2) is 6.76. The first-order chi connectivity index (χ1) is 8.50. The van der Waals surface area contributed by atoms with Gasteiger partial charge >= 0.3 is 0 Å². The van der Waals surface area contributed by atoms with Crippen LogP contribution in [-0.4, -0.2) is 12.2 Å². The quantitative estimate of drug-likeness (QED) is 0.831. The summed E-state index contributed by atoms with van der Waals surface area (Å²) in [5.74, 6) is 0. The van der Waals surface area contributed by atoms with E-state index in [9.17, 15) is 0 Å². The van der Waals surface area contributed by atoms with Crippen LogP contribution in [0.1, 0.15) is 45.2 Å². The zero-order chi connectivity index (χ0) is 13.8. The lowest BCUT2D eigenvalue weighted by molar-refractivity contribution is -0.0645. The Bertz CT molecular complexity index is 391. The van der Waals surface area contributed by atoms with Gasteiger partial charge in [0.05, 0.1) is 21.7 Å². The lowest BCUT2D eigenvalue weighted by atomic mass is 9.84. The molecule has 0 amide bonds. The van der Waals surface area contributed by atoms with Crippen molar-refractivity contribution in [1.29, 1.82) is 0 Å². The third kappa shape index (κ3) is 3.18. The second-order valence-electron chi connectivity index (χ2n) is 4.36. The van der Waals surface area contributed by atoms with Crippen molar-refractivity contribution < 1.29 is 4.74 Å². The van der Waals surface area contributed by atoms with E-state index in [4.69, 9.17) is 33.7 Å². The van der Waals surface area contributed by atoms with Crippen molar-refractivity contribution in [2.24, 2.45) is 5.73 Å². The highest BCUT2D eigenvalue weighted by Crippen LogP contribution is 2.35. The van der Waals surface area contributed by atoms with E-state index < -0.39 is 0 Å². The van der Waals surface area contributed by atoms with Crippen molar-refractivity contribution in [3.8, 4) is 0 Å². The number of benzene rings is 1. The van der Waals surface area contributed by atoms with E-state index in [1.54, 1.807) is 6.07 Å². The molecule has 2 N–H and O–H groups in total. The van der Waals surface area contributed by atoms with Crippen LogP contribution in [0.3, 0.4) is 0 Å². The summed E-state index contributed by atoms with van der Waals surface area (Å²) in [5, 5.41) is 1.07. The van der Waals surface area contributed by atoms with Crippen LogP contribution in [-0.2, 0) is 4.74 Å². The third-order valence-corrected chi connectivity index (χ3v) is 4.24. The van der Waals surface area contributed by atoms with Crippen LogP contribution in [0.25, 0.3) is 0 Å². The molecule has 0 fully saturated rings. The minimum absolute atomic E-state index is 0.206. The molecule has 1 aromatic carbocycles. The highest BCUT2D eigenvalue weighted by Gasteiger charge is 2.35. The Morgan fingerprint density at radius 2 is 1.78 bits per heavy atom. The first kappa shape index (κ1) is 15.8. The summed E-state index contributed by atoms with van der Waals surface area (Å²) in [6.45, 7) is 6.82. The molecular weight excluding hydrogens is 269 g/mol. The minimum Gasteiger partial charge on any atom is -0.373 e. The van der Waals surface area contributed by atoms with Gasteiger partial charge in [0.15, 0.2) is 0 Å². The Balaban J connectivity index is 3.08. The molecule has 4 heteroatoms. The molecule has 102 valence electrons. The molecule has 1 rings (SSSR count). The summed E-state index contributed by atoms with van der Waals surface area (Å²) in [6.07, 6.45) is 1.72. The molecule has 0 spiro atoms. The van der Waals surface area contributed by atoms with Crippen molar-refractivity contribution in [3.63, 3.8) is 0 Å². The van der Waals surface area contributed by atoms with Crippen LogP contribution < -0.4 is 5.73 Å². The first-order valence-electron chi connectivity index (χ1n) is 6.35. The fourth-order valence-electron chi connectivity index (χ4n) is 2.28. The van der Waals surface area contributed by atoms with Crippen LogP contribution in [0, 0.1) is 0 Å². The van der Waals surface area contributed by atoms with Gasteiger partial charge in [-0.25, -0.2) is 0 Å². The van der Waals surface area contributed by atoms with E-state index in [-0.39, 0.29) is 11.6 Å². The molecule has 0 radical (unpaired) electrons. The Kier molecular flexibility index (Phi) is 5.93. The molecule has 0 saturated heterocycles. The average molecular weight is 290 g/mol. The number of ether oxygens (including phenoxy) is 1. The van der Waals surface area contributed by atoms with Gasteiger partial charge in [-0.1, -0.05) is 43.1 Å². The van der Waals surface area contributed by atoms with Gasteiger partial charge in [0.25, 0.3) is 0 Å². The number of hydrogen-bond acceptors (Lipinski definition) is 2. The van der Waals surface area contributed by atoms with E-state index in [1.807, 2.05) is 19.1 Å². The maximum atomic E-state index is 6.37. The molecule has 0 aliphatic carbocycles. The monoisotopic (exact) mass is 289 g/mol. The van der Waals surface area contributed by atoms with Crippen LogP contribution in [0.15, 0.2) is 18.2 Å². The summed E-state index contributed by atoms with van der Waals surface area (Å²) in [5.41, 5.74) is 6.99. The molecule has 18 heavy (non-hydrogen) atoms. The largest absolute Gasteiger partial charge is 0.373 e. The van der Waals surface area contributed by atoms with E-state index in [1.165, 1.54) is 0 Å². The number of halogens is 2. The Labute approximate surface area is 119 Å². The van der Waals surface area contributed by atoms with E-state index in [0.29, 0.717) is 16.7 Å². The zero-order valence-electron chi connectivity index (χ0n) is 11.2. The van der Waals surface area contributed by atoms with Gasteiger partial charge in [0.2, 0.25) is 0 Å². The fourth-order valence-corrected chi connectivity index (χ4v) is 2.59. The van der Waals surface area contributed by atoms with E-state index >= 15 is 0 Å². The Hall–Kier alpha value is -0.280. The summed E-state index contributed by atoms with van der Waals surface area (Å²) >= 11 is 12.0. The number of hydrogen-bond donors (Lipinski definition) is 1. The summed E-state index contributed by atoms with van der Waals surface area (Å²) in [7, 11) is 0. The molecule has 0 aromatic heterocycles. The molecular formula is C14H21Cl2NO. The minimum atomic E-state index is -0.341. The molecule has 1 unspecified atom stereocenters. The van der Waals surface area contributed by atoms with Gasteiger partial charge in [0, 0.05) is 6.61 Å². The summed E-state index contributed by atoms with van der Waals surface area (Å²) < 4.78 is 5.91. The molecule has 0 saturated carbocycles. The molecule has 0 bridgehead atoms. The smallest absolute Gasteiger partial charge is 0.0868 e.